The van der Waals surface area contributed by atoms with E-state index in [1.54, 1.807) is 18.9 Å². The van der Waals surface area contributed by atoms with Crippen molar-refractivity contribution in [2.45, 2.75) is 38.5 Å². The van der Waals surface area contributed by atoms with Gasteiger partial charge in [0.1, 0.15) is 0 Å². The lowest BCUT2D eigenvalue weighted by Gasteiger charge is -2.36. The van der Waals surface area contributed by atoms with Crippen LogP contribution in [-0.4, -0.2) is 62.7 Å². The van der Waals surface area contributed by atoms with Gasteiger partial charge in [0.15, 0.2) is 0 Å². The first-order valence-corrected chi connectivity index (χ1v) is 6.40. The molecule has 1 saturated heterocycles. The first-order chi connectivity index (χ1) is 8.58. The molecule has 1 aliphatic heterocycles. The van der Waals surface area contributed by atoms with Gasteiger partial charge in [-0.3, -0.25) is 0 Å². The molecule has 1 aliphatic rings. The van der Waals surface area contributed by atoms with Crippen LogP contribution in [0.25, 0.3) is 0 Å². The second-order valence-electron chi connectivity index (χ2n) is 4.52. The van der Waals surface area contributed by atoms with Gasteiger partial charge in [-0.1, -0.05) is 0 Å². The number of hydrogen-bond acceptors (Lipinski definition) is 5. The molecule has 1 fully saturated rings. The van der Waals surface area contributed by atoms with Gasteiger partial charge in [-0.05, 0) is 20.3 Å². The molecule has 0 radical (unpaired) electrons. The average molecular weight is 297 g/mol. The summed E-state index contributed by atoms with van der Waals surface area (Å²) in [5.74, 6) is 0. The molecule has 2 N–H and O–H groups in total. The molecule has 0 spiro atoms. The molecule has 0 aromatic rings. The molecule has 0 aromatic heterocycles. The molecule has 0 aliphatic carbocycles. The molecule has 1 rings (SSSR count). The van der Waals surface area contributed by atoms with E-state index >= 15 is 0 Å². The number of rotatable bonds is 5. The van der Waals surface area contributed by atoms with Crippen LogP contribution in [0.15, 0.2) is 0 Å². The van der Waals surface area contributed by atoms with Gasteiger partial charge in [0, 0.05) is 19.7 Å². The van der Waals surface area contributed by atoms with E-state index in [-0.39, 0.29) is 36.8 Å². The standard InChI is InChI=1S/C12H24N2O4.ClH/c1-4-17-12(15)14-6-5-10(13)11(7-14)18-8-9(2)16-3;/h9-11H,4-8,13H2,1-3H3;1H. The van der Waals surface area contributed by atoms with Crippen molar-refractivity contribution in [2.75, 3.05) is 33.4 Å². The molecule has 3 unspecified atom stereocenters. The molecule has 1 amide bonds. The number of nitrogens with zero attached hydrogens (tertiary/aromatic N) is 1. The number of nitrogens with two attached hydrogens (primary N) is 1. The highest BCUT2D eigenvalue weighted by Gasteiger charge is 2.30. The molecule has 0 saturated carbocycles. The zero-order valence-corrected chi connectivity index (χ0v) is 12.6. The van der Waals surface area contributed by atoms with Crippen molar-refractivity contribution in [2.24, 2.45) is 5.73 Å². The van der Waals surface area contributed by atoms with Gasteiger partial charge in [-0.15, -0.1) is 12.4 Å². The lowest BCUT2D eigenvalue weighted by atomic mass is 10.0. The van der Waals surface area contributed by atoms with E-state index in [2.05, 4.69) is 0 Å². The predicted molar refractivity (Wildman–Crippen MR) is 74.6 cm³/mol. The van der Waals surface area contributed by atoms with E-state index in [1.807, 2.05) is 6.92 Å². The Morgan fingerprint density at radius 3 is 2.79 bits per heavy atom. The Morgan fingerprint density at radius 2 is 2.21 bits per heavy atom. The van der Waals surface area contributed by atoms with Crippen molar-refractivity contribution < 1.29 is 19.0 Å². The first kappa shape index (κ1) is 18.4. The molecule has 3 atom stereocenters. The summed E-state index contributed by atoms with van der Waals surface area (Å²) in [6.07, 6.45) is 0.305. The minimum atomic E-state index is -0.294. The van der Waals surface area contributed by atoms with Crippen LogP contribution in [0.1, 0.15) is 20.3 Å². The summed E-state index contributed by atoms with van der Waals surface area (Å²) < 4.78 is 15.8. The Labute approximate surface area is 121 Å². The van der Waals surface area contributed by atoms with E-state index in [4.69, 9.17) is 19.9 Å². The van der Waals surface area contributed by atoms with Crippen LogP contribution in [0, 0.1) is 0 Å². The van der Waals surface area contributed by atoms with Crippen molar-refractivity contribution in [1.29, 1.82) is 0 Å². The molecular weight excluding hydrogens is 272 g/mol. The van der Waals surface area contributed by atoms with E-state index in [0.29, 0.717) is 26.3 Å². The maximum Gasteiger partial charge on any atom is 0.409 e. The Hall–Kier alpha value is -0.560. The summed E-state index contributed by atoms with van der Waals surface area (Å²) in [5, 5.41) is 0. The fraction of sp³-hybridized carbons (Fsp3) is 0.917. The van der Waals surface area contributed by atoms with Crippen molar-refractivity contribution in [3.05, 3.63) is 0 Å². The van der Waals surface area contributed by atoms with Gasteiger partial charge < -0.3 is 24.8 Å². The zero-order valence-electron chi connectivity index (χ0n) is 11.8. The number of ether oxygens (including phenoxy) is 3. The quantitative estimate of drug-likeness (QED) is 0.820. The smallest absolute Gasteiger partial charge is 0.409 e. The molecule has 0 bridgehead atoms. The van der Waals surface area contributed by atoms with Gasteiger partial charge >= 0.3 is 6.09 Å². The van der Waals surface area contributed by atoms with Gasteiger partial charge in [0.2, 0.25) is 0 Å². The summed E-state index contributed by atoms with van der Waals surface area (Å²) >= 11 is 0. The van der Waals surface area contributed by atoms with Crippen molar-refractivity contribution in [3.63, 3.8) is 0 Å². The van der Waals surface area contributed by atoms with Crippen LogP contribution in [0.2, 0.25) is 0 Å². The molecular formula is C12H25ClN2O4. The third-order valence-corrected chi connectivity index (χ3v) is 3.08. The first-order valence-electron chi connectivity index (χ1n) is 6.40. The number of piperidine rings is 1. The van der Waals surface area contributed by atoms with Crippen LogP contribution in [0.4, 0.5) is 4.79 Å². The maximum atomic E-state index is 11.6. The topological polar surface area (TPSA) is 74.0 Å². The van der Waals surface area contributed by atoms with Gasteiger partial charge in [-0.25, -0.2) is 4.79 Å². The second-order valence-corrected chi connectivity index (χ2v) is 4.52. The average Bonchev–Trinajstić information content (AvgIpc) is 2.37. The summed E-state index contributed by atoms with van der Waals surface area (Å²) in [4.78, 5) is 13.3. The Morgan fingerprint density at radius 1 is 1.53 bits per heavy atom. The number of hydrogen-bond donors (Lipinski definition) is 1. The number of likely N-dealkylation sites (tertiary alicyclic amines) is 1. The minimum absolute atomic E-state index is 0. The fourth-order valence-electron chi connectivity index (χ4n) is 1.82. The summed E-state index contributed by atoms with van der Waals surface area (Å²) in [6.45, 7) is 5.69. The summed E-state index contributed by atoms with van der Waals surface area (Å²) in [5.41, 5.74) is 6.00. The maximum absolute atomic E-state index is 11.6. The third kappa shape index (κ3) is 5.95. The second kappa shape index (κ2) is 9.36. The van der Waals surface area contributed by atoms with Gasteiger partial charge in [0.25, 0.3) is 0 Å². The third-order valence-electron chi connectivity index (χ3n) is 3.08. The summed E-state index contributed by atoms with van der Waals surface area (Å²) in [6, 6.07) is -0.0419. The number of amides is 1. The molecule has 6 nitrogen and oxygen atoms in total. The molecule has 1 heterocycles. The normalized spacial score (nSPS) is 24.5. The lowest BCUT2D eigenvalue weighted by molar-refractivity contribution is -0.0522. The van der Waals surface area contributed by atoms with E-state index in [1.165, 1.54) is 0 Å². The fourth-order valence-corrected chi connectivity index (χ4v) is 1.82. The monoisotopic (exact) mass is 296 g/mol. The van der Waals surface area contributed by atoms with Gasteiger partial charge in [-0.2, -0.15) is 0 Å². The van der Waals surface area contributed by atoms with Crippen molar-refractivity contribution >= 4 is 18.5 Å². The Kier molecular flexibility index (Phi) is 9.08. The number of halogens is 1. The predicted octanol–water partition coefficient (Wildman–Crippen LogP) is 1.02. The van der Waals surface area contributed by atoms with Crippen LogP contribution >= 0.6 is 12.4 Å². The SMILES string of the molecule is CCOC(=O)N1CCC(N)C(OCC(C)OC)C1.Cl. The van der Waals surface area contributed by atoms with E-state index in [0.717, 1.165) is 6.42 Å². The van der Waals surface area contributed by atoms with Crippen LogP contribution in [0.5, 0.6) is 0 Å². The van der Waals surface area contributed by atoms with Crippen LogP contribution in [-0.2, 0) is 14.2 Å². The zero-order chi connectivity index (χ0) is 13.5. The number of carbonyl (C=O) groups is 1. The highest BCUT2D eigenvalue weighted by molar-refractivity contribution is 5.85. The highest BCUT2D eigenvalue weighted by atomic mass is 35.5. The lowest BCUT2D eigenvalue weighted by Crippen LogP contribution is -2.54. The molecule has 0 aromatic carbocycles. The Bertz CT molecular complexity index is 268. The van der Waals surface area contributed by atoms with Crippen molar-refractivity contribution in [3.8, 4) is 0 Å². The van der Waals surface area contributed by atoms with Crippen molar-refractivity contribution in [1.82, 2.24) is 4.90 Å². The van der Waals surface area contributed by atoms with E-state index < -0.39 is 0 Å². The number of methoxy groups -OCH3 is 1. The molecule has 7 heteroatoms. The summed E-state index contributed by atoms with van der Waals surface area (Å²) in [7, 11) is 1.64. The Balaban J connectivity index is 0.00000324. The number of carbonyl (C=O) groups excluding carboxylic acids is 1. The van der Waals surface area contributed by atoms with Gasteiger partial charge in [0.05, 0.1) is 32.0 Å². The molecule has 19 heavy (non-hydrogen) atoms. The van der Waals surface area contributed by atoms with Crippen LogP contribution in [0.3, 0.4) is 0 Å². The molecule has 114 valence electrons. The highest BCUT2D eigenvalue weighted by Crippen LogP contribution is 2.14. The van der Waals surface area contributed by atoms with E-state index in [9.17, 15) is 4.79 Å². The minimum Gasteiger partial charge on any atom is -0.450 e. The van der Waals surface area contributed by atoms with Crippen LogP contribution < -0.4 is 5.73 Å². The largest absolute Gasteiger partial charge is 0.450 e.